The Morgan fingerprint density at radius 1 is 1.02 bits per heavy atom. The lowest BCUT2D eigenvalue weighted by Crippen LogP contribution is -2.53. The number of carbonyl (C=O) groups is 2. The van der Waals surface area contributed by atoms with E-state index in [2.05, 4.69) is 25.9 Å². The minimum atomic E-state index is -1.11. The molecule has 3 aromatic heterocycles. The normalized spacial score (nSPS) is 20.5. The minimum Gasteiger partial charge on any atom is -0.388 e. The molecule has 2 saturated heterocycles. The van der Waals surface area contributed by atoms with Crippen molar-refractivity contribution in [1.82, 2.24) is 28.9 Å². The molecule has 0 bridgehead atoms. The van der Waals surface area contributed by atoms with Gasteiger partial charge in [0.15, 0.2) is 0 Å². The first-order valence-corrected chi connectivity index (χ1v) is 15.0. The van der Waals surface area contributed by atoms with Crippen molar-refractivity contribution in [1.29, 1.82) is 0 Å². The van der Waals surface area contributed by atoms with E-state index in [1.54, 1.807) is 39.9 Å². The fourth-order valence-corrected chi connectivity index (χ4v) is 6.65. The second-order valence-electron chi connectivity index (χ2n) is 11.4. The zero-order valence-electron chi connectivity index (χ0n) is 23.4. The van der Waals surface area contributed by atoms with Crippen LogP contribution in [0.3, 0.4) is 0 Å². The number of carbonyl (C=O) groups excluding carboxylic acids is 2. The molecule has 2 amide bonds. The summed E-state index contributed by atoms with van der Waals surface area (Å²) >= 11 is 3.35. The van der Waals surface area contributed by atoms with E-state index < -0.39 is 5.60 Å². The zero-order valence-corrected chi connectivity index (χ0v) is 25.0. The number of aromatic nitrogens is 4. The number of likely N-dealkylation sites (tertiary alicyclic amines) is 2. The van der Waals surface area contributed by atoms with Gasteiger partial charge in [0.2, 0.25) is 5.91 Å². The van der Waals surface area contributed by atoms with Gasteiger partial charge in [-0.15, -0.1) is 0 Å². The van der Waals surface area contributed by atoms with Gasteiger partial charge in [0.25, 0.3) is 11.5 Å². The third-order valence-electron chi connectivity index (χ3n) is 8.70. The lowest BCUT2D eigenvalue weighted by molar-refractivity contribution is -0.142. The highest BCUT2D eigenvalue weighted by atomic mass is 79.9. The Kier molecular flexibility index (Phi) is 7.71. The molecule has 2 aliphatic heterocycles. The second-order valence-corrected chi connectivity index (χ2v) is 12.2. The first-order chi connectivity index (χ1) is 20.2. The molecular weight excluding hydrogens is 600 g/mol. The van der Waals surface area contributed by atoms with Crippen LogP contribution in [0.25, 0.3) is 11.0 Å². The number of pyridine rings is 1. The molecule has 0 saturated carbocycles. The van der Waals surface area contributed by atoms with Gasteiger partial charge in [0.1, 0.15) is 22.3 Å². The maximum atomic E-state index is 14.0. The molecule has 42 heavy (non-hydrogen) atoms. The maximum absolute atomic E-state index is 14.0. The van der Waals surface area contributed by atoms with Crippen LogP contribution in [0.1, 0.15) is 41.2 Å². The highest BCUT2D eigenvalue weighted by Crippen LogP contribution is 2.36. The number of fused-ring (bicyclic) bond motifs is 1. The number of benzene rings is 1. The van der Waals surface area contributed by atoms with E-state index in [1.165, 1.54) is 10.9 Å². The zero-order chi connectivity index (χ0) is 29.4. The van der Waals surface area contributed by atoms with Gasteiger partial charge < -0.3 is 19.5 Å². The molecule has 218 valence electrons. The van der Waals surface area contributed by atoms with Crippen LogP contribution in [0.15, 0.2) is 76.5 Å². The van der Waals surface area contributed by atoms with Gasteiger partial charge in [0, 0.05) is 51.3 Å². The predicted molar refractivity (Wildman–Crippen MR) is 161 cm³/mol. The summed E-state index contributed by atoms with van der Waals surface area (Å²) in [6, 6.07) is 16.9. The molecule has 11 heteroatoms. The maximum Gasteiger partial charge on any atom is 0.272 e. The van der Waals surface area contributed by atoms with E-state index in [1.807, 2.05) is 42.3 Å². The Balaban J connectivity index is 1.15. The molecule has 4 aromatic rings. The number of hydrogen-bond acceptors (Lipinski definition) is 6. The Labute approximate surface area is 251 Å². The lowest BCUT2D eigenvalue weighted by Gasteiger charge is -2.43. The van der Waals surface area contributed by atoms with Gasteiger partial charge in [-0.2, -0.15) is 0 Å². The van der Waals surface area contributed by atoms with E-state index in [0.717, 1.165) is 5.56 Å². The van der Waals surface area contributed by atoms with Crippen molar-refractivity contribution in [2.45, 2.75) is 37.3 Å². The Morgan fingerprint density at radius 3 is 2.52 bits per heavy atom. The van der Waals surface area contributed by atoms with Crippen LogP contribution in [0.4, 0.5) is 0 Å². The van der Waals surface area contributed by atoms with Crippen LogP contribution in [-0.2, 0) is 18.4 Å². The third kappa shape index (κ3) is 5.50. The number of aryl methyl sites for hydroxylation is 1. The number of nitrogens with zero attached hydrogens (tertiary/aromatic N) is 6. The van der Waals surface area contributed by atoms with E-state index >= 15 is 0 Å². The minimum absolute atomic E-state index is 0.0446. The molecule has 0 spiro atoms. The average Bonchev–Trinajstić information content (AvgIpc) is 3.39. The van der Waals surface area contributed by atoms with Gasteiger partial charge in [-0.05, 0) is 59.0 Å². The van der Waals surface area contributed by atoms with Crippen molar-refractivity contribution in [2.75, 3.05) is 26.2 Å². The molecule has 6 rings (SSSR count). The number of aliphatic hydroxyl groups is 1. The van der Waals surface area contributed by atoms with Crippen LogP contribution < -0.4 is 5.56 Å². The summed E-state index contributed by atoms with van der Waals surface area (Å²) in [5, 5.41) is 11.9. The molecule has 0 aliphatic carbocycles. The summed E-state index contributed by atoms with van der Waals surface area (Å²) in [7, 11) is 1.84. The Bertz CT molecular complexity index is 1680. The fourth-order valence-electron chi connectivity index (χ4n) is 6.31. The van der Waals surface area contributed by atoms with E-state index in [4.69, 9.17) is 0 Å². The number of hydrogen-bond donors (Lipinski definition) is 1. The quantitative estimate of drug-likeness (QED) is 0.338. The summed E-state index contributed by atoms with van der Waals surface area (Å²) in [6.45, 7) is 1.80. The molecule has 2 fully saturated rings. The van der Waals surface area contributed by atoms with E-state index in [-0.39, 0.29) is 35.8 Å². The van der Waals surface area contributed by atoms with Gasteiger partial charge in [-0.3, -0.25) is 19.0 Å². The molecular formula is C31H33BrN6O4. The van der Waals surface area contributed by atoms with Gasteiger partial charge in [-0.1, -0.05) is 36.4 Å². The van der Waals surface area contributed by atoms with Crippen LogP contribution in [-0.4, -0.2) is 77.6 Å². The summed E-state index contributed by atoms with van der Waals surface area (Å²) < 4.78 is 3.86. The molecule has 5 heterocycles. The molecule has 1 aromatic carbocycles. The summed E-state index contributed by atoms with van der Waals surface area (Å²) in [5.74, 6) is -0.551. The topological polar surface area (TPSA) is 114 Å². The SMILES string of the molecule is Cn1ccc2c(=O)n(CC3(O)CCN(C(=O)[C@@H]4CCN(C(=O)c5cccc(Br)n5)C[C@H]4c4ccccc4)CC3)cnc21. The van der Waals surface area contributed by atoms with Crippen molar-refractivity contribution in [3.05, 3.63) is 93.3 Å². The third-order valence-corrected chi connectivity index (χ3v) is 9.14. The number of halogens is 1. The molecule has 10 nitrogen and oxygen atoms in total. The van der Waals surface area contributed by atoms with Gasteiger partial charge in [-0.25, -0.2) is 9.97 Å². The Hall–Kier alpha value is -3.83. The van der Waals surface area contributed by atoms with E-state index in [0.29, 0.717) is 66.8 Å². The van der Waals surface area contributed by atoms with Crippen LogP contribution >= 0.6 is 15.9 Å². The van der Waals surface area contributed by atoms with E-state index in [9.17, 15) is 19.5 Å². The summed E-state index contributed by atoms with van der Waals surface area (Å²) in [6.07, 6.45) is 4.54. The number of amides is 2. The van der Waals surface area contributed by atoms with Crippen LogP contribution in [0, 0.1) is 5.92 Å². The van der Waals surface area contributed by atoms with Crippen molar-refractivity contribution >= 4 is 38.8 Å². The van der Waals surface area contributed by atoms with Gasteiger partial charge in [0.05, 0.1) is 17.5 Å². The monoisotopic (exact) mass is 632 g/mol. The second kappa shape index (κ2) is 11.4. The molecule has 1 N–H and O–H groups in total. The smallest absolute Gasteiger partial charge is 0.272 e. The molecule has 0 unspecified atom stereocenters. The molecule has 0 radical (unpaired) electrons. The van der Waals surface area contributed by atoms with Crippen molar-refractivity contribution in [3.63, 3.8) is 0 Å². The molecule has 2 aliphatic rings. The largest absolute Gasteiger partial charge is 0.388 e. The lowest BCUT2D eigenvalue weighted by atomic mass is 9.79. The highest BCUT2D eigenvalue weighted by molar-refractivity contribution is 9.10. The average molecular weight is 634 g/mol. The van der Waals surface area contributed by atoms with Crippen LogP contribution in [0.2, 0.25) is 0 Å². The van der Waals surface area contributed by atoms with Crippen molar-refractivity contribution < 1.29 is 14.7 Å². The van der Waals surface area contributed by atoms with Crippen molar-refractivity contribution in [3.8, 4) is 0 Å². The Morgan fingerprint density at radius 2 is 1.79 bits per heavy atom. The van der Waals surface area contributed by atoms with Crippen LogP contribution in [0.5, 0.6) is 0 Å². The summed E-state index contributed by atoms with van der Waals surface area (Å²) in [5.41, 5.74) is 0.704. The summed E-state index contributed by atoms with van der Waals surface area (Å²) in [4.78, 5) is 52.6. The standard InChI is InChI=1S/C31H33BrN6O4/c1-35-14-10-23-27(35)33-20-38(29(23)40)19-31(42)12-16-36(17-13-31)28(39)22-11-15-37(18-24(22)21-6-3-2-4-7-21)30(41)25-8-5-9-26(32)34-25/h2-10,14,20,22,24,42H,11-13,15-19H2,1H3/t22-,24+/m1/s1. The highest BCUT2D eigenvalue weighted by Gasteiger charge is 2.41. The first kappa shape index (κ1) is 28.3. The number of rotatable bonds is 5. The first-order valence-electron chi connectivity index (χ1n) is 14.2. The van der Waals surface area contributed by atoms with Crippen molar-refractivity contribution in [2.24, 2.45) is 13.0 Å². The number of piperidine rings is 2. The predicted octanol–water partition coefficient (Wildman–Crippen LogP) is 3.19. The fraction of sp³-hybridized carbons (Fsp3) is 0.387. The van der Waals surface area contributed by atoms with Gasteiger partial charge >= 0.3 is 0 Å². The molecule has 2 atom stereocenters.